The van der Waals surface area contributed by atoms with Crippen LogP contribution in [0.1, 0.15) is 43.9 Å². The number of hydrogen-bond acceptors (Lipinski definition) is 4. The molecular formula is C22H29FN2O4S. The molecule has 0 aliphatic heterocycles. The Bertz CT molecular complexity index is 977. The molecular weight excluding hydrogens is 407 g/mol. The number of nitrogens with zero attached hydrogens (tertiary/aromatic N) is 1. The van der Waals surface area contributed by atoms with E-state index in [1.807, 2.05) is 32.0 Å². The zero-order valence-electron chi connectivity index (χ0n) is 18.0. The topological polar surface area (TPSA) is 75.7 Å². The summed E-state index contributed by atoms with van der Waals surface area (Å²) in [6, 6.07) is 9.49. The van der Waals surface area contributed by atoms with Gasteiger partial charge in [-0.2, -0.15) is 0 Å². The minimum Gasteiger partial charge on any atom is -0.496 e. The van der Waals surface area contributed by atoms with Crippen LogP contribution in [0.5, 0.6) is 5.75 Å². The van der Waals surface area contributed by atoms with Crippen LogP contribution in [0.25, 0.3) is 0 Å². The minimum atomic E-state index is -3.78. The van der Waals surface area contributed by atoms with Gasteiger partial charge in [0.05, 0.1) is 25.1 Å². The molecule has 2 aromatic rings. The van der Waals surface area contributed by atoms with Crippen molar-refractivity contribution in [1.82, 2.24) is 5.32 Å². The number of ether oxygens (including phenoxy) is 1. The molecule has 0 saturated heterocycles. The lowest BCUT2D eigenvalue weighted by atomic mass is 10.0. The number of amides is 1. The molecule has 0 saturated carbocycles. The summed E-state index contributed by atoms with van der Waals surface area (Å²) in [5.74, 6) is -0.135. The van der Waals surface area contributed by atoms with Gasteiger partial charge in [0.25, 0.3) is 0 Å². The van der Waals surface area contributed by atoms with Crippen LogP contribution < -0.4 is 14.4 Å². The van der Waals surface area contributed by atoms with Crippen molar-refractivity contribution in [3.63, 3.8) is 0 Å². The number of sulfonamides is 1. The van der Waals surface area contributed by atoms with Crippen molar-refractivity contribution >= 4 is 21.6 Å². The second kappa shape index (κ2) is 9.93. The van der Waals surface area contributed by atoms with E-state index in [1.54, 1.807) is 14.0 Å². The smallest absolute Gasteiger partial charge is 0.244 e. The number of methoxy groups -OCH3 is 1. The van der Waals surface area contributed by atoms with Gasteiger partial charge in [0.2, 0.25) is 15.9 Å². The summed E-state index contributed by atoms with van der Waals surface area (Å²) in [6.07, 6.45) is 1.92. The van der Waals surface area contributed by atoms with Gasteiger partial charge in [-0.1, -0.05) is 26.0 Å². The van der Waals surface area contributed by atoms with Gasteiger partial charge in [0.1, 0.15) is 17.6 Å². The molecule has 0 fully saturated rings. The first-order valence-electron chi connectivity index (χ1n) is 9.82. The summed E-state index contributed by atoms with van der Waals surface area (Å²) < 4.78 is 44.7. The van der Waals surface area contributed by atoms with E-state index in [-0.39, 0.29) is 18.2 Å². The molecule has 0 radical (unpaired) electrons. The molecule has 0 heterocycles. The van der Waals surface area contributed by atoms with E-state index in [2.05, 4.69) is 5.32 Å². The first-order chi connectivity index (χ1) is 14.1. The number of rotatable bonds is 9. The van der Waals surface area contributed by atoms with E-state index < -0.39 is 27.8 Å². The monoisotopic (exact) mass is 436 g/mol. The molecule has 30 heavy (non-hydrogen) atoms. The molecule has 0 spiro atoms. The maximum Gasteiger partial charge on any atom is 0.244 e. The highest BCUT2D eigenvalue weighted by Crippen LogP contribution is 2.26. The van der Waals surface area contributed by atoms with Crippen molar-refractivity contribution in [2.24, 2.45) is 0 Å². The van der Waals surface area contributed by atoms with Gasteiger partial charge in [-0.05, 0) is 61.2 Å². The van der Waals surface area contributed by atoms with Gasteiger partial charge >= 0.3 is 0 Å². The Kier molecular flexibility index (Phi) is 7.83. The Morgan fingerprint density at radius 1 is 1.13 bits per heavy atom. The summed E-state index contributed by atoms with van der Waals surface area (Å²) in [7, 11) is -2.18. The van der Waals surface area contributed by atoms with Crippen molar-refractivity contribution in [1.29, 1.82) is 0 Å². The van der Waals surface area contributed by atoms with Gasteiger partial charge in [-0.3, -0.25) is 9.10 Å². The highest BCUT2D eigenvalue weighted by atomic mass is 32.2. The Hall–Kier alpha value is -2.61. The maximum atomic E-state index is 13.3. The van der Waals surface area contributed by atoms with Crippen LogP contribution in [-0.4, -0.2) is 33.7 Å². The van der Waals surface area contributed by atoms with E-state index in [0.717, 1.165) is 27.4 Å². The number of aryl methyl sites for hydroxylation is 1. The number of halogens is 1. The molecule has 2 atom stereocenters. The average molecular weight is 437 g/mol. The molecule has 1 amide bonds. The van der Waals surface area contributed by atoms with Gasteiger partial charge in [0.15, 0.2) is 0 Å². The van der Waals surface area contributed by atoms with Crippen molar-refractivity contribution in [3.8, 4) is 5.75 Å². The van der Waals surface area contributed by atoms with Crippen molar-refractivity contribution in [2.45, 2.75) is 45.7 Å². The molecule has 0 aliphatic rings. The molecule has 0 bridgehead atoms. The Labute approximate surface area is 178 Å². The Balaban J connectivity index is 2.34. The zero-order valence-corrected chi connectivity index (χ0v) is 18.8. The number of carbonyl (C=O) groups excluding carboxylic acids is 1. The summed E-state index contributed by atoms with van der Waals surface area (Å²) >= 11 is 0. The largest absolute Gasteiger partial charge is 0.496 e. The number of nitrogens with one attached hydrogen (secondary N) is 1. The highest BCUT2D eigenvalue weighted by molar-refractivity contribution is 7.92. The third-order valence-electron chi connectivity index (χ3n) is 4.96. The fourth-order valence-electron chi connectivity index (χ4n) is 3.46. The maximum absolute atomic E-state index is 13.3. The molecule has 2 rings (SSSR count). The second-order valence-corrected chi connectivity index (χ2v) is 9.02. The average Bonchev–Trinajstić information content (AvgIpc) is 2.70. The Morgan fingerprint density at radius 3 is 2.23 bits per heavy atom. The quantitative estimate of drug-likeness (QED) is 0.646. The third-order valence-corrected chi connectivity index (χ3v) is 6.14. The van der Waals surface area contributed by atoms with E-state index in [4.69, 9.17) is 4.74 Å². The molecule has 2 unspecified atom stereocenters. The standard InChI is InChI=1S/C22H29FN2O4S/c1-6-19(16-8-13-21(29-4)15(3)14-16)24-22(26)20(7-2)25(30(5,27)28)18-11-9-17(23)10-12-18/h8-14,19-20H,6-7H2,1-5H3,(H,24,26). The van der Waals surface area contributed by atoms with E-state index in [9.17, 15) is 17.6 Å². The van der Waals surface area contributed by atoms with Crippen LogP contribution in [-0.2, 0) is 14.8 Å². The molecule has 2 aromatic carbocycles. The number of hydrogen-bond donors (Lipinski definition) is 1. The van der Waals surface area contributed by atoms with Gasteiger partial charge in [-0.25, -0.2) is 12.8 Å². The van der Waals surface area contributed by atoms with Crippen molar-refractivity contribution in [3.05, 3.63) is 59.4 Å². The van der Waals surface area contributed by atoms with Crippen LogP contribution in [0.4, 0.5) is 10.1 Å². The van der Waals surface area contributed by atoms with Gasteiger partial charge < -0.3 is 10.1 Å². The van der Waals surface area contributed by atoms with Gasteiger partial charge in [-0.15, -0.1) is 0 Å². The molecule has 8 heteroatoms. The van der Waals surface area contributed by atoms with E-state index in [1.165, 1.54) is 24.3 Å². The minimum absolute atomic E-state index is 0.245. The molecule has 1 N–H and O–H groups in total. The van der Waals surface area contributed by atoms with Crippen LogP contribution in [0.15, 0.2) is 42.5 Å². The molecule has 6 nitrogen and oxygen atoms in total. The summed E-state index contributed by atoms with van der Waals surface area (Å²) in [5.41, 5.74) is 2.10. The molecule has 0 aliphatic carbocycles. The lowest BCUT2D eigenvalue weighted by Gasteiger charge is -2.31. The zero-order chi connectivity index (χ0) is 22.5. The Morgan fingerprint density at radius 2 is 1.77 bits per heavy atom. The number of anilines is 1. The first kappa shape index (κ1) is 23.7. The van der Waals surface area contributed by atoms with Gasteiger partial charge in [0, 0.05) is 0 Å². The second-order valence-electron chi connectivity index (χ2n) is 7.16. The third kappa shape index (κ3) is 5.50. The van der Waals surface area contributed by atoms with Crippen molar-refractivity contribution < 1.29 is 22.3 Å². The fourth-order valence-corrected chi connectivity index (χ4v) is 4.67. The van der Waals surface area contributed by atoms with E-state index >= 15 is 0 Å². The summed E-state index contributed by atoms with van der Waals surface area (Å²) in [5, 5.41) is 2.97. The number of benzene rings is 2. The highest BCUT2D eigenvalue weighted by Gasteiger charge is 2.32. The summed E-state index contributed by atoms with van der Waals surface area (Å²) in [6.45, 7) is 5.61. The summed E-state index contributed by atoms with van der Waals surface area (Å²) in [4.78, 5) is 13.1. The lowest BCUT2D eigenvalue weighted by molar-refractivity contribution is -0.123. The predicted octanol–water partition coefficient (Wildman–Crippen LogP) is 3.95. The van der Waals surface area contributed by atoms with Crippen molar-refractivity contribution in [2.75, 3.05) is 17.7 Å². The van der Waals surface area contributed by atoms with Crippen LogP contribution in [0.3, 0.4) is 0 Å². The van der Waals surface area contributed by atoms with E-state index in [0.29, 0.717) is 6.42 Å². The predicted molar refractivity (Wildman–Crippen MR) is 117 cm³/mol. The van der Waals surface area contributed by atoms with Crippen LogP contribution in [0, 0.1) is 12.7 Å². The SMILES string of the molecule is CCC(NC(=O)C(CC)N(c1ccc(F)cc1)S(C)(=O)=O)c1ccc(OC)c(C)c1. The lowest BCUT2D eigenvalue weighted by Crippen LogP contribution is -2.50. The fraction of sp³-hybridized carbons (Fsp3) is 0.409. The van der Waals surface area contributed by atoms with Crippen LogP contribution in [0.2, 0.25) is 0 Å². The first-order valence-corrected chi connectivity index (χ1v) is 11.7. The van der Waals surface area contributed by atoms with Crippen LogP contribution >= 0.6 is 0 Å². The normalized spacial score (nSPS) is 13.4. The molecule has 164 valence electrons. The molecule has 0 aromatic heterocycles. The number of carbonyl (C=O) groups is 1.